The predicted octanol–water partition coefficient (Wildman–Crippen LogP) is 1.93. The van der Waals surface area contributed by atoms with Crippen LogP contribution in [0.5, 0.6) is 0 Å². The summed E-state index contributed by atoms with van der Waals surface area (Å²) < 4.78 is 14.5. The first-order chi connectivity index (χ1) is 11.2. The lowest BCUT2D eigenvalue weighted by Gasteiger charge is -2.41. The molecule has 1 N–H and O–H groups in total. The zero-order chi connectivity index (χ0) is 15.8. The van der Waals surface area contributed by atoms with E-state index in [9.17, 15) is 4.55 Å². The van der Waals surface area contributed by atoms with E-state index in [0.717, 1.165) is 48.5 Å². The van der Waals surface area contributed by atoms with Crippen LogP contribution in [0.4, 0.5) is 5.82 Å². The number of anilines is 1. The Bertz CT molecular complexity index is 665. The Labute approximate surface area is 139 Å². The van der Waals surface area contributed by atoms with Gasteiger partial charge in [-0.05, 0) is 31.7 Å². The number of H-pyrrole nitrogens is 1. The summed E-state index contributed by atoms with van der Waals surface area (Å²) in [4.78, 5) is 14.1. The van der Waals surface area contributed by atoms with Crippen molar-refractivity contribution in [3.05, 3.63) is 18.6 Å². The third kappa shape index (κ3) is 2.93. The van der Waals surface area contributed by atoms with E-state index in [1.165, 1.54) is 12.8 Å². The van der Waals surface area contributed by atoms with Crippen LogP contribution in [0.1, 0.15) is 25.7 Å². The van der Waals surface area contributed by atoms with Crippen LogP contribution in [-0.2, 0) is 11.4 Å². The molecule has 0 amide bonds. The largest absolute Gasteiger partial charge is 0.598 e. The van der Waals surface area contributed by atoms with Gasteiger partial charge in [0.05, 0.1) is 5.39 Å². The predicted molar refractivity (Wildman–Crippen MR) is 92.6 cm³/mol. The molecule has 1 unspecified atom stereocenters. The van der Waals surface area contributed by atoms with Crippen molar-refractivity contribution in [2.75, 3.05) is 30.8 Å². The lowest BCUT2D eigenvalue weighted by atomic mass is 9.81. The molecule has 23 heavy (non-hydrogen) atoms. The van der Waals surface area contributed by atoms with Gasteiger partial charge in [0.25, 0.3) is 0 Å². The topological polar surface area (TPSA) is 71.1 Å². The van der Waals surface area contributed by atoms with Crippen LogP contribution in [0.2, 0.25) is 0 Å². The van der Waals surface area contributed by atoms with Gasteiger partial charge in [-0.3, -0.25) is 0 Å². The van der Waals surface area contributed by atoms with Crippen molar-refractivity contribution >= 4 is 28.2 Å². The molecule has 6 nitrogen and oxygen atoms in total. The average Bonchev–Trinajstić information content (AvgIpc) is 3.19. The number of fused-ring (bicyclic) bond motifs is 1. The molecule has 124 valence electrons. The van der Waals surface area contributed by atoms with E-state index in [2.05, 4.69) is 31.2 Å². The lowest BCUT2D eigenvalue weighted by Crippen LogP contribution is -2.46. The minimum atomic E-state index is -0.778. The number of aromatic amines is 1. The molecule has 0 bridgehead atoms. The number of aromatic nitrogens is 3. The van der Waals surface area contributed by atoms with E-state index in [4.69, 9.17) is 0 Å². The second-order valence-electron chi connectivity index (χ2n) is 6.66. The van der Waals surface area contributed by atoms with Gasteiger partial charge in [-0.15, -0.1) is 4.31 Å². The molecular weight excluding hydrogens is 310 g/mol. The van der Waals surface area contributed by atoms with Crippen LogP contribution in [0.25, 0.3) is 11.0 Å². The Balaban J connectivity index is 1.35. The molecule has 2 aliphatic rings. The Kier molecular flexibility index (Phi) is 4.17. The highest BCUT2D eigenvalue weighted by molar-refractivity contribution is 7.89. The molecule has 3 heterocycles. The summed E-state index contributed by atoms with van der Waals surface area (Å²) in [6.07, 6.45) is 8.12. The molecule has 1 saturated heterocycles. The van der Waals surface area contributed by atoms with E-state index >= 15 is 0 Å². The first kappa shape index (κ1) is 15.2. The van der Waals surface area contributed by atoms with Gasteiger partial charge in [-0.25, -0.2) is 9.97 Å². The summed E-state index contributed by atoms with van der Waals surface area (Å²) in [6, 6.07) is 2.52. The second-order valence-corrected chi connectivity index (χ2v) is 8.16. The summed E-state index contributed by atoms with van der Waals surface area (Å²) in [5, 5.41) is 1.07. The zero-order valence-electron chi connectivity index (χ0n) is 13.4. The zero-order valence-corrected chi connectivity index (χ0v) is 14.3. The molecule has 1 aliphatic heterocycles. The van der Waals surface area contributed by atoms with E-state index in [-0.39, 0.29) is 0 Å². The number of nitrogens with zero attached hydrogens (tertiary/aromatic N) is 4. The summed E-state index contributed by atoms with van der Waals surface area (Å²) in [6.45, 7) is 2.02. The van der Waals surface area contributed by atoms with Gasteiger partial charge in [-0.2, -0.15) is 0 Å². The molecule has 0 aromatic carbocycles. The van der Waals surface area contributed by atoms with Crippen LogP contribution in [0, 0.1) is 5.92 Å². The molecule has 7 heteroatoms. The van der Waals surface area contributed by atoms with E-state index < -0.39 is 11.4 Å². The van der Waals surface area contributed by atoms with Crippen molar-refractivity contribution in [1.82, 2.24) is 19.3 Å². The SMILES string of the molecule is CN(c1ncnc2[nH]ccc12)C1CC(C[S+]([O-])N2CCCC2)C1. The van der Waals surface area contributed by atoms with Gasteiger partial charge in [0, 0.05) is 49.7 Å². The molecule has 0 radical (unpaired) electrons. The highest BCUT2D eigenvalue weighted by Crippen LogP contribution is 2.36. The summed E-state index contributed by atoms with van der Waals surface area (Å²) in [7, 11) is 2.10. The number of hydrogen-bond donors (Lipinski definition) is 1. The van der Waals surface area contributed by atoms with Crippen LogP contribution >= 0.6 is 0 Å². The molecule has 2 aromatic rings. The van der Waals surface area contributed by atoms with Gasteiger partial charge in [0.15, 0.2) is 0 Å². The molecule has 0 spiro atoms. The molecule has 1 saturated carbocycles. The fourth-order valence-corrected chi connectivity index (χ4v) is 5.22. The molecule has 1 aliphatic carbocycles. The number of rotatable bonds is 5. The molecule has 2 fully saturated rings. The number of nitrogens with one attached hydrogen (secondary N) is 1. The maximum absolute atomic E-state index is 12.3. The standard InChI is InChI=1S/C16H23N5OS/c1-20(16-14-4-5-17-15(14)18-11-19-16)13-8-12(9-13)10-23(22)21-6-2-3-7-21/h4-5,11-13H,2-3,6-10H2,1H3,(H,17,18,19). The van der Waals surface area contributed by atoms with Crippen molar-refractivity contribution in [3.63, 3.8) is 0 Å². The van der Waals surface area contributed by atoms with Crippen molar-refractivity contribution in [3.8, 4) is 0 Å². The molecular formula is C16H23N5OS. The third-order valence-electron chi connectivity index (χ3n) is 5.16. The van der Waals surface area contributed by atoms with Gasteiger partial charge in [-0.1, -0.05) is 0 Å². The van der Waals surface area contributed by atoms with E-state index in [1.54, 1.807) is 6.33 Å². The van der Waals surface area contributed by atoms with Crippen LogP contribution < -0.4 is 4.90 Å². The Morgan fingerprint density at radius 2 is 2.13 bits per heavy atom. The third-order valence-corrected chi connectivity index (χ3v) is 6.85. The number of hydrogen-bond acceptors (Lipinski definition) is 5. The first-order valence-electron chi connectivity index (χ1n) is 8.36. The normalized spacial score (nSPS) is 26.3. The molecule has 1 atom stereocenters. The van der Waals surface area contributed by atoms with Gasteiger partial charge >= 0.3 is 0 Å². The van der Waals surface area contributed by atoms with Gasteiger partial charge < -0.3 is 14.4 Å². The van der Waals surface area contributed by atoms with Crippen LogP contribution in [0.3, 0.4) is 0 Å². The highest BCUT2D eigenvalue weighted by atomic mass is 32.2. The second kappa shape index (κ2) is 6.30. The van der Waals surface area contributed by atoms with Crippen molar-refractivity contribution in [1.29, 1.82) is 0 Å². The van der Waals surface area contributed by atoms with Crippen LogP contribution in [-0.4, -0.2) is 55.7 Å². The summed E-state index contributed by atoms with van der Waals surface area (Å²) in [5.41, 5.74) is 0.882. The minimum absolute atomic E-state index is 0.489. The van der Waals surface area contributed by atoms with Crippen LogP contribution in [0.15, 0.2) is 18.6 Å². The Morgan fingerprint density at radius 1 is 1.35 bits per heavy atom. The maximum atomic E-state index is 12.3. The molecule has 4 rings (SSSR count). The monoisotopic (exact) mass is 333 g/mol. The smallest absolute Gasteiger partial charge is 0.142 e. The average molecular weight is 333 g/mol. The fraction of sp³-hybridized carbons (Fsp3) is 0.625. The van der Waals surface area contributed by atoms with E-state index in [0.29, 0.717) is 12.0 Å². The van der Waals surface area contributed by atoms with Crippen molar-refractivity contribution in [2.45, 2.75) is 31.7 Å². The minimum Gasteiger partial charge on any atom is -0.598 e. The maximum Gasteiger partial charge on any atom is 0.142 e. The fourth-order valence-electron chi connectivity index (χ4n) is 3.66. The lowest BCUT2D eigenvalue weighted by molar-refractivity contribution is 0.279. The van der Waals surface area contributed by atoms with E-state index in [1.807, 2.05) is 12.3 Å². The van der Waals surface area contributed by atoms with Crippen molar-refractivity contribution in [2.24, 2.45) is 5.92 Å². The van der Waals surface area contributed by atoms with Gasteiger partial charge in [0.1, 0.15) is 23.5 Å². The summed E-state index contributed by atoms with van der Waals surface area (Å²) in [5.74, 6) is 2.39. The highest BCUT2D eigenvalue weighted by Gasteiger charge is 2.38. The van der Waals surface area contributed by atoms with Gasteiger partial charge in [0.2, 0.25) is 0 Å². The first-order valence-corrected chi connectivity index (χ1v) is 9.64. The molecule has 2 aromatic heterocycles. The summed E-state index contributed by atoms with van der Waals surface area (Å²) >= 11 is -0.778. The Hall–Kier alpha value is -1.31. The Morgan fingerprint density at radius 3 is 2.91 bits per heavy atom. The quantitative estimate of drug-likeness (QED) is 0.847. The van der Waals surface area contributed by atoms with Crippen molar-refractivity contribution < 1.29 is 4.55 Å².